The molecule has 0 spiro atoms. The number of aromatic nitrogens is 1. The number of carbonyl (C=O) groups excluding carboxylic acids is 1. The number of aryl methyl sites for hydroxylation is 1. The second kappa shape index (κ2) is 5.98. The minimum Gasteiger partial charge on any atom is -0.347 e. The predicted molar refractivity (Wildman–Crippen MR) is 74.0 cm³/mol. The Bertz CT molecular complexity index is 553. The fourth-order valence-electron chi connectivity index (χ4n) is 1.56. The van der Waals surface area contributed by atoms with Crippen molar-refractivity contribution in [2.24, 2.45) is 0 Å². The SMILES string of the molecule is Cc1ncc(C(=O)NCc2cccc(CCl)c2)s1. The van der Waals surface area contributed by atoms with Crippen LogP contribution in [0, 0.1) is 6.92 Å². The summed E-state index contributed by atoms with van der Waals surface area (Å²) in [4.78, 5) is 16.5. The fourth-order valence-corrected chi connectivity index (χ4v) is 2.42. The van der Waals surface area contributed by atoms with E-state index >= 15 is 0 Å². The third kappa shape index (κ3) is 3.31. The molecule has 2 aromatic rings. The number of carbonyl (C=O) groups is 1. The monoisotopic (exact) mass is 280 g/mol. The largest absolute Gasteiger partial charge is 0.347 e. The van der Waals surface area contributed by atoms with Crippen LogP contribution in [0.5, 0.6) is 0 Å². The molecule has 18 heavy (non-hydrogen) atoms. The van der Waals surface area contributed by atoms with E-state index in [9.17, 15) is 4.79 Å². The van der Waals surface area contributed by atoms with Gasteiger partial charge in [0, 0.05) is 12.4 Å². The number of alkyl halides is 1. The van der Waals surface area contributed by atoms with Gasteiger partial charge in [0.2, 0.25) is 0 Å². The zero-order valence-electron chi connectivity index (χ0n) is 9.94. The highest BCUT2D eigenvalue weighted by Gasteiger charge is 2.08. The number of nitrogens with one attached hydrogen (secondary N) is 1. The maximum Gasteiger partial charge on any atom is 0.263 e. The molecule has 0 bridgehead atoms. The van der Waals surface area contributed by atoms with Gasteiger partial charge in [0.1, 0.15) is 4.88 Å². The van der Waals surface area contributed by atoms with E-state index < -0.39 is 0 Å². The van der Waals surface area contributed by atoms with Crippen molar-refractivity contribution in [3.05, 3.63) is 51.5 Å². The van der Waals surface area contributed by atoms with E-state index in [1.165, 1.54) is 11.3 Å². The van der Waals surface area contributed by atoms with Crippen LogP contribution in [0.15, 0.2) is 30.5 Å². The Morgan fingerprint density at radius 3 is 2.89 bits per heavy atom. The van der Waals surface area contributed by atoms with E-state index in [2.05, 4.69) is 10.3 Å². The summed E-state index contributed by atoms with van der Waals surface area (Å²) in [7, 11) is 0. The molecule has 0 aliphatic carbocycles. The summed E-state index contributed by atoms with van der Waals surface area (Å²) < 4.78 is 0. The van der Waals surface area contributed by atoms with E-state index in [1.807, 2.05) is 31.2 Å². The highest BCUT2D eigenvalue weighted by molar-refractivity contribution is 7.13. The molecule has 0 aliphatic heterocycles. The van der Waals surface area contributed by atoms with Crippen molar-refractivity contribution in [2.45, 2.75) is 19.3 Å². The second-order valence-electron chi connectivity index (χ2n) is 3.88. The van der Waals surface area contributed by atoms with Gasteiger partial charge >= 0.3 is 0 Å². The van der Waals surface area contributed by atoms with Crippen LogP contribution >= 0.6 is 22.9 Å². The van der Waals surface area contributed by atoms with Crippen molar-refractivity contribution in [2.75, 3.05) is 0 Å². The molecule has 0 atom stereocenters. The molecule has 2 rings (SSSR count). The number of hydrogen-bond acceptors (Lipinski definition) is 3. The van der Waals surface area contributed by atoms with Crippen molar-refractivity contribution in [3.8, 4) is 0 Å². The smallest absolute Gasteiger partial charge is 0.263 e. The molecule has 3 nitrogen and oxygen atoms in total. The molecule has 1 aromatic carbocycles. The van der Waals surface area contributed by atoms with E-state index in [4.69, 9.17) is 11.6 Å². The van der Waals surface area contributed by atoms with Gasteiger partial charge in [-0.3, -0.25) is 4.79 Å². The Morgan fingerprint density at radius 2 is 2.22 bits per heavy atom. The number of benzene rings is 1. The van der Waals surface area contributed by atoms with Gasteiger partial charge in [-0.15, -0.1) is 22.9 Å². The van der Waals surface area contributed by atoms with Crippen molar-refractivity contribution in [3.63, 3.8) is 0 Å². The molecule has 0 aliphatic rings. The number of hydrogen-bond donors (Lipinski definition) is 1. The Labute approximate surface area is 115 Å². The molecule has 0 unspecified atom stereocenters. The Balaban J connectivity index is 1.97. The van der Waals surface area contributed by atoms with Crippen LogP contribution in [0.1, 0.15) is 25.8 Å². The molecular formula is C13H13ClN2OS. The molecular weight excluding hydrogens is 268 g/mol. The van der Waals surface area contributed by atoms with Crippen LogP contribution in [0.3, 0.4) is 0 Å². The van der Waals surface area contributed by atoms with Gasteiger partial charge in [-0.1, -0.05) is 24.3 Å². The topological polar surface area (TPSA) is 42.0 Å². The van der Waals surface area contributed by atoms with Crippen LogP contribution in [0.25, 0.3) is 0 Å². The van der Waals surface area contributed by atoms with Crippen LogP contribution in [0.2, 0.25) is 0 Å². The fraction of sp³-hybridized carbons (Fsp3) is 0.231. The lowest BCUT2D eigenvalue weighted by atomic mass is 10.1. The van der Waals surface area contributed by atoms with Crippen molar-refractivity contribution < 1.29 is 4.79 Å². The third-order valence-corrected chi connectivity index (χ3v) is 3.66. The molecule has 94 valence electrons. The normalized spacial score (nSPS) is 10.3. The lowest BCUT2D eigenvalue weighted by molar-refractivity contribution is 0.0955. The van der Waals surface area contributed by atoms with Crippen molar-refractivity contribution in [1.29, 1.82) is 0 Å². The number of amides is 1. The first-order chi connectivity index (χ1) is 8.69. The Kier molecular flexibility index (Phi) is 4.33. The van der Waals surface area contributed by atoms with E-state index in [0.717, 1.165) is 16.1 Å². The number of halogens is 1. The van der Waals surface area contributed by atoms with E-state index in [-0.39, 0.29) is 5.91 Å². The number of rotatable bonds is 4. The number of thiazole rings is 1. The first-order valence-electron chi connectivity index (χ1n) is 5.53. The average Bonchev–Trinajstić information content (AvgIpc) is 2.83. The lowest BCUT2D eigenvalue weighted by Crippen LogP contribution is -2.21. The molecule has 1 amide bonds. The van der Waals surface area contributed by atoms with Gasteiger partial charge in [0.05, 0.1) is 11.2 Å². The molecule has 0 saturated carbocycles. The summed E-state index contributed by atoms with van der Waals surface area (Å²) in [6.07, 6.45) is 1.60. The van der Waals surface area contributed by atoms with Crippen molar-refractivity contribution >= 4 is 28.8 Å². The van der Waals surface area contributed by atoms with Gasteiger partial charge in [-0.2, -0.15) is 0 Å². The maximum atomic E-state index is 11.8. The molecule has 1 heterocycles. The van der Waals surface area contributed by atoms with Gasteiger partial charge in [0.15, 0.2) is 0 Å². The quantitative estimate of drug-likeness (QED) is 0.875. The molecule has 1 N–H and O–H groups in total. The highest BCUT2D eigenvalue weighted by atomic mass is 35.5. The van der Waals surface area contributed by atoms with Crippen LogP contribution < -0.4 is 5.32 Å². The molecule has 0 saturated heterocycles. The summed E-state index contributed by atoms with van der Waals surface area (Å²) in [5, 5.41) is 3.76. The van der Waals surface area contributed by atoms with Gasteiger partial charge < -0.3 is 5.32 Å². The summed E-state index contributed by atoms with van der Waals surface area (Å²) in [6, 6.07) is 7.86. The second-order valence-corrected chi connectivity index (χ2v) is 5.38. The standard InChI is InChI=1S/C13H13ClN2OS/c1-9-15-8-12(18-9)13(17)16-7-11-4-2-3-10(5-11)6-14/h2-5,8H,6-7H2,1H3,(H,16,17). The molecule has 0 radical (unpaired) electrons. The van der Waals surface area contributed by atoms with Crippen LogP contribution in [-0.4, -0.2) is 10.9 Å². The first kappa shape index (κ1) is 13.1. The zero-order chi connectivity index (χ0) is 13.0. The third-order valence-electron chi connectivity index (χ3n) is 2.44. The summed E-state index contributed by atoms with van der Waals surface area (Å²) in [5.74, 6) is 0.396. The van der Waals surface area contributed by atoms with Gasteiger partial charge in [-0.25, -0.2) is 4.98 Å². The molecule has 0 fully saturated rings. The highest BCUT2D eigenvalue weighted by Crippen LogP contribution is 2.12. The van der Waals surface area contributed by atoms with Gasteiger partial charge in [0.25, 0.3) is 5.91 Å². The van der Waals surface area contributed by atoms with Crippen molar-refractivity contribution in [1.82, 2.24) is 10.3 Å². The summed E-state index contributed by atoms with van der Waals surface area (Å²) in [6.45, 7) is 2.38. The Morgan fingerprint density at radius 1 is 1.44 bits per heavy atom. The summed E-state index contributed by atoms with van der Waals surface area (Å²) >= 11 is 7.16. The molecule has 1 aromatic heterocycles. The van der Waals surface area contributed by atoms with Crippen LogP contribution in [0.4, 0.5) is 0 Å². The molecule has 5 heteroatoms. The summed E-state index contributed by atoms with van der Waals surface area (Å²) in [5.41, 5.74) is 2.10. The lowest BCUT2D eigenvalue weighted by Gasteiger charge is -2.05. The number of nitrogens with zero attached hydrogens (tertiary/aromatic N) is 1. The van der Waals surface area contributed by atoms with Crippen LogP contribution in [-0.2, 0) is 12.4 Å². The first-order valence-corrected chi connectivity index (χ1v) is 6.88. The van der Waals surface area contributed by atoms with Gasteiger partial charge in [-0.05, 0) is 18.1 Å². The van der Waals surface area contributed by atoms with E-state index in [0.29, 0.717) is 17.3 Å². The minimum atomic E-state index is -0.0862. The average molecular weight is 281 g/mol. The van der Waals surface area contributed by atoms with E-state index in [1.54, 1.807) is 6.20 Å². The predicted octanol–water partition coefficient (Wildman–Crippen LogP) is 3.12. The Hall–Kier alpha value is -1.39. The maximum absolute atomic E-state index is 11.8. The minimum absolute atomic E-state index is 0.0862. The zero-order valence-corrected chi connectivity index (χ0v) is 11.5.